The molecule has 122 valence electrons. The highest BCUT2D eigenvalue weighted by atomic mass is 79.9. The number of hydrogen-bond donors (Lipinski definition) is 2. The number of halogens is 1. The first-order valence-electron chi connectivity index (χ1n) is 6.51. The first-order chi connectivity index (χ1) is 10.7. The van der Waals surface area contributed by atoms with Gasteiger partial charge in [-0.1, -0.05) is 28.1 Å². The quantitative estimate of drug-likeness (QED) is 0.591. The van der Waals surface area contributed by atoms with Gasteiger partial charge in [0.25, 0.3) is 5.69 Å². The molecule has 0 saturated carbocycles. The average molecular weight is 400 g/mol. The van der Waals surface area contributed by atoms with Crippen molar-refractivity contribution in [2.45, 2.75) is 17.9 Å². The van der Waals surface area contributed by atoms with E-state index in [2.05, 4.69) is 21.2 Å². The van der Waals surface area contributed by atoms with Crippen LogP contribution in [0.25, 0.3) is 0 Å². The van der Waals surface area contributed by atoms with Crippen LogP contribution in [0.3, 0.4) is 0 Å². The monoisotopic (exact) mass is 399 g/mol. The van der Waals surface area contributed by atoms with Crippen LogP contribution in [0.5, 0.6) is 0 Å². The van der Waals surface area contributed by atoms with E-state index in [4.69, 9.17) is 5.14 Å². The van der Waals surface area contributed by atoms with E-state index in [1.54, 1.807) is 0 Å². The molecule has 0 spiro atoms. The van der Waals surface area contributed by atoms with E-state index in [9.17, 15) is 18.5 Å². The van der Waals surface area contributed by atoms with Gasteiger partial charge in [-0.15, -0.1) is 0 Å². The normalized spacial score (nSPS) is 12.7. The zero-order chi connectivity index (χ0) is 17.2. The molecule has 9 heteroatoms. The molecule has 0 amide bonds. The average Bonchev–Trinajstić information content (AvgIpc) is 2.46. The number of nitro benzene ring substituents is 1. The predicted molar refractivity (Wildman–Crippen MR) is 90.6 cm³/mol. The summed E-state index contributed by atoms with van der Waals surface area (Å²) in [7, 11) is -4.00. The lowest BCUT2D eigenvalue weighted by atomic mass is 10.1. The first-order valence-corrected chi connectivity index (χ1v) is 8.85. The molecule has 23 heavy (non-hydrogen) atoms. The van der Waals surface area contributed by atoms with Crippen molar-refractivity contribution in [1.29, 1.82) is 0 Å². The Hall–Kier alpha value is -1.97. The van der Waals surface area contributed by atoms with Crippen LogP contribution in [-0.2, 0) is 10.0 Å². The van der Waals surface area contributed by atoms with Gasteiger partial charge in [0.15, 0.2) is 0 Å². The maximum atomic E-state index is 11.3. The summed E-state index contributed by atoms with van der Waals surface area (Å²) >= 11 is 3.37. The minimum Gasteiger partial charge on any atom is -0.373 e. The van der Waals surface area contributed by atoms with Gasteiger partial charge in [-0.2, -0.15) is 0 Å². The van der Waals surface area contributed by atoms with Crippen molar-refractivity contribution in [3.8, 4) is 0 Å². The number of nitrogens with zero attached hydrogens (tertiary/aromatic N) is 1. The second kappa shape index (κ2) is 6.65. The first kappa shape index (κ1) is 17.4. The zero-order valence-corrected chi connectivity index (χ0v) is 14.5. The minimum atomic E-state index is -4.00. The number of nitro groups is 1. The molecule has 3 N–H and O–H groups in total. The van der Waals surface area contributed by atoms with Gasteiger partial charge in [-0.25, -0.2) is 13.6 Å². The van der Waals surface area contributed by atoms with Gasteiger partial charge in [0.1, 0.15) is 5.69 Å². The van der Waals surface area contributed by atoms with E-state index >= 15 is 0 Å². The highest BCUT2D eigenvalue weighted by Crippen LogP contribution is 2.30. The number of hydrogen-bond acceptors (Lipinski definition) is 5. The standard InChI is InChI=1S/C14H14BrN3O4S/c1-9(10-3-2-4-11(15)7-10)17-13-6-5-12(23(16,21)22)8-14(13)18(19)20/h2-9,17H,1H3,(H2,16,21,22). The summed E-state index contributed by atoms with van der Waals surface area (Å²) in [5.41, 5.74) is 0.789. The maximum absolute atomic E-state index is 11.3. The van der Waals surface area contributed by atoms with Gasteiger partial charge in [0.05, 0.1) is 9.82 Å². The van der Waals surface area contributed by atoms with Crippen molar-refractivity contribution in [2.24, 2.45) is 5.14 Å². The largest absolute Gasteiger partial charge is 0.373 e. The SMILES string of the molecule is CC(Nc1ccc(S(N)(=O)=O)cc1[N+](=O)[O-])c1cccc(Br)c1. The fourth-order valence-electron chi connectivity index (χ4n) is 2.05. The van der Waals surface area contributed by atoms with Gasteiger partial charge < -0.3 is 5.32 Å². The van der Waals surface area contributed by atoms with Crippen molar-refractivity contribution >= 4 is 37.3 Å². The number of anilines is 1. The third-order valence-electron chi connectivity index (χ3n) is 3.22. The molecule has 0 aliphatic heterocycles. The van der Waals surface area contributed by atoms with Crippen LogP contribution in [0.4, 0.5) is 11.4 Å². The fraction of sp³-hybridized carbons (Fsp3) is 0.143. The van der Waals surface area contributed by atoms with Gasteiger partial charge in [-0.05, 0) is 36.8 Å². The molecule has 7 nitrogen and oxygen atoms in total. The Balaban J connectivity index is 2.38. The van der Waals surface area contributed by atoms with Crippen LogP contribution >= 0.6 is 15.9 Å². The molecular formula is C14H14BrN3O4S. The second-order valence-electron chi connectivity index (χ2n) is 4.90. The second-order valence-corrected chi connectivity index (χ2v) is 7.38. The summed E-state index contributed by atoms with van der Waals surface area (Å²) in [6.45, 7) is 1.85. The molecule has 0 radical (unpaired) electrons. The molecule has 1 atom stereocenters. The number of benzene rings is 2. The van der Waals surface area contributed by atoms with Crippen molar-refractivity contribution in [1.82, 2.24) is 0 Å². The van der Waals surface area contributed by atoms with E-state index in [1.165, 1.54) is 12.1 Å². The molecule has 0 aliphatic carbocycles. The lowest BCUT2D eigenvalue weighted by Gasteiger charge is -2.16. The number of nitrogens with one attached hydrogen (secondary N) is 1. The number of rotatable bonds is 5. The van der Waals surface area contributed by atoms with E-state index in [1.807, 2.05) is 31.2 Å². The maximum Gasteiger partial charge on any atom is 0.293 e. The molecule has 0 heterocycles. The summed E-state index contributed by atoms with van der Waals surface area (Å²) in [6, 6.07) is 10.8. The van der Waals surface area contributed by atoms with Crippen LogP contribution in [0.15, 0.2) is 51.8 Å². The molecular weight excluding hydrogens is 386 g/mol. The molecule has 1 unspecified atom stereocenters. The van der Waals surface area contributed by atoms with Crippen LogP contribution in [0.2, 0.25) is 0 Å². The van der Waals surface area contributed by atoms with Crippen molar-refractivity contribution in [2.75, 3.05) is 5.32 Å². The lowest BCUT2D eigenvalue weighted by Crippen LogP contribution is -2.13. The third kappa shape index (κ3) is 4.27. The van der Waals surface area contributed by atoms with E-state index in [0.717, 1.165) is 16.1 Å². The topological polar surface area (TPSA) is 115 Å². The van der Waals surface area contributed by atoms with Crippen molar-refractivity contribution < 1.29 is 13.3 Å². The molecule has 0 aliphatic rings. The Morgan fingerprint density at radius 1 is 1.26 bits per heavy atom. The Bertz CT molecular complexity index is 855. The zero-order valence-electron chi connectivity index (χ0n) is 12.1. The molecule has 2 rings (SSSR count). The Morgan fingerprint density at radius 2 is 1.96 bits per heavy atom. The van der Waals surface area contributed by atoms with Crippen LogP contribution in [0, 0.1) is 10.1 Å². The highest BCUT2D eigenvalue weighted by molar-refractivity contribution is 9.10. The highest BCUT2D eigenvalue weighted by Gasteiger charge is 2.20. The van der Waals surface area contributed by atoms with E-state index in [0.29, 0.717) is 0 Å². The summed E-state index contributed by atoms with van der Waals surface area (Å²) in [5.74, 6) is 0. The van der Waals surface area contributed by atoms with Gasteiger partial charge in [-0.3, -0.25) is 10.1 Å². The molecule has 0 bridgehead atoms. The molecule has 0 fully saturated rings. The van der Waals surface area contributed by atoms with E-state index < -0.39 is 14.9 Å². The summed E-state index contributed by atoms with van der Waals surface area (Å²) in [5, 5.41) is 19.2. The van der Waals surface area contributed by atoms with Crippen LogP contribution in [-0.4, -0.2) is 13.3 Å². The minimum absolute atomic E-state index is 0.216. The summed E-state index contributed by atoms with van der Waals surface area (Å²) in [6.07, 6.45) is 0. The van der Waals surface area contributed by atoms with Gasteiger partial charge in [0, 0.05) is 16.6 Å². The van der Waals surface area contributed by atoms with Crippen LogP contribution < -0.4 is 10.5 Å². The van der Waals surface area contributed by atoms with Crippen molar-refractivity contribution in [3.63, 3.8) is 0 Å². The number of primary sulfonamides is 1. The Kier molecular flexibility index (Phi) is 5.03. The Labute approximate surface area is 141 Å². The van der Waals surface area contributed by atoms with Gasteiger partial charge in [0.2, 0.25) is 10.0 Å². The number of nitrogens with two attached hydrogens (primary N) is 1. The molecule has 2 aromatic carbocycles. The summed E-state index contributed by atoms with van der Waals surface area (Å²) < 4.78 is 23.6. The summed E-state index contributed by atoms with van der Waals surface area (Å²) in [4.78, 5) is 10.2. The van der Waals surface area contributed by atoms with Crippen molar-refractivity contribution in [3.05, 3.63) is 62.6 Å². The van der Waals surface area contributed by atoms with Crippen LogP contribution in [0.1, 0.15) is 18.5 Å². The molecule has 2 aromatic rings. The molecule has 0 saturated heterocycles. The third-order valence-corrected chi connectivity index (χ3v) is 4.62. The fourth-order valence-corrected chi connectivity index (χ4v) is 3.00. The lowest BCUT2D eigenvalue weighted by molar-refractivity contribution is -0.384. The number of sulfonamides is 1. The molecule has 0 aromatic heterocycles. The predicted octanol–water partition coefficient (Wildman–Crippen LogP) is 3.18. The van der Waals surface area contributed by atoms with E-state index in [-0.39, 0.29) is 22.3 Å². The Morgan fingerprint density at radius 3 is 2.52 bits per heavy atom. The van der Waals surface area contributed by atoms with Gasteiger partial charge >= 0.3 is 0 Å². The smallest absolute Gasteiger partial charge is 0.293 e.